The van der Waals surface area contributed by atoms with Gasteiger partial charge in [0.1, 0.15) is 6.61 Å². The molecule has 0 aliphatic rings. The van der Waals surface area contributed by atoms with Crippen molar-refractivity contribution < 1.29 is 9.47 Å². The van der Waals surface area contributed by atoms with E-state index in [1.54, 1.807) is 7.11 Å². The molecule has 0 spiro atoms. The first-order valence-electron chi connectivity index (χ1n) is 9.59. The summed E-state index contributed by atoms with van der Waals surface area (Å²) in [5.41, 5.74) is 2.11. The first kappa shape index (κ1) is 22.1. The first-order valence-corrected chi connectivity index (χ1v) is 10.8. The molecule has 0 radical (unpaired) electrons. The van der Waals surface area contributed by atoms with Crippen LogP contribution in [0.15, 0.2) is 40.9 Å². The van der Waals surface area contributed by atoms with Crippen LogP contribution in [0.5, 0.6) is 11.5 Å². The molecule has 2 rings (SSSR count). The van der Waals surface area contributed by atoms with Gasteiger partial charge in [-0.15, -0.1) is 0 Å². The minimum Gasteiger partial charge on any atom is -0.493 e. The Morgan fingerprint density at radius 2 is 1.85 bits per heavy atom. The second kappa shape index (κ2) is 12.3. The Bertz CT molecular complexity index is 709. The minimum absolute atomic E-state index is 0.393. The van der Waals surface area contributed by atoms with E-state index in [4.69, 9.17) is 21.1 Å². The molecule has 0 amide bonds. The molecule has 0 saturated heterocycles. The molecule has 3 nitrogen and oxygen atoms in total. The van der Waals surface area contributed by atoms with E-state index in [-0.39, 0.29) is 0 Å². The number of benzene rings is 2. The summed E-state index contributed by atoms with van der Waals surface area (Å²) in [4.78, 5) is 0. The lowest BCUT2D eigenvalue weighted by Crippen LogP contribution is -2.14. The smallest absolute Gasteiger partial charge is 0.175 e. The molecule has 0 saturated carbocycles. The molecule has 0 unspecified atom stereocenters. The van der Waals surface area contributed by atoms with Gasteiger partial charge in [-0.3, -0.25) is 0 Å². The first-order chi connectivity index (χ1) is 13.2. The summed E-state index contributed by atoms with van der Waals surface area (Å²) < 4.78 is 12.4. The van der Waals surface area contributed by atoms with E-state index in [9.17, 15) is 0 Å². The van der Waals surface area contributed by atoms with E-state index in [0.29, 0.717) is 17.4 Å². The summed E-state index contributed by atoms with van der Waals surface area (Å²) in [5, 5.41) is 4.21. The lowest BCUT2D eigenvalue weighted by molar-refractivity contribution is 0.282. The van der Waals surface area contributed by atoms with Crippen LogP contribution >= 0.6 is 27.5 Å². The number of methoxy groups -OCH3 is 1. The molecular weight excluding hydrogens is 426 g/mol. The summed E-state index contributed by atoms with van der Waals surface area (Å²) in [6.07, 6.45) is 6.46. The molecule has 0 atom stereocenters. The predicted octanol–water partition coefficient (Wildman–Crippen LogP) is 6.75. The highest BCUT2D eigenvalue weighted by molar-refractivity contribution is 9.10. The largest absolute Gasteiger partial charge is 0.493 e. The number of unbranched alkanes of at least 4 members (excludes halogenated alkanes) is 4. The van der Waals surface area contributed by atoms with Crippen molar-refractivity contribution in [2.45, 2.75) is 52.2 Å². The quantitative estimate of drug-likeness (QED) is 0.360. The Hall–Kier alpha value is -1.23. The van der Waals surface area contributed by atoms with E-state index in [1.165, 1.54) is 32.1 Å². The van der Waals surface area contributed by atoms with E-state index in [0.717, 1.165) is 34.4 Å². The summed E-state index contributed by atoms with van der Waals surface area (Å²) in [6.45, 7) is 4.48. The van der Waals surface area contributed by atoms with Crippen LogP contribution in [0.1, 0.15) is 50.2 Å². The Morgan fingerprint density at radius 3 is 2.59 bits per heavy atom. The van der Waals surface area contributed by atoms with Crippen LogP contribution in [0, 0.1) is 0 Å². The molecule has 148 valence electrons. The zero-order valence-corrected chi connectivity index (χ0v) is 18.5. The number of rotatable bonds is 12. The SMILES string of the molecule is CCCCCCCNCc1cc(Br)c(OCc2ccccc2Cl)c(OC)c1. The highest BCUT2D eigenvalue weighted by Gasteiger charge is 2.12. The maximum absolute atomic E-state index is 6.21. The minimum atomic E-state index is 0.393. The zero-order valence-electron chi connectivity index (χ0n) is 16.2. The molecule has 0 fully saturated rings. The van der Waals surface area contributed by atoms with Crippen LogP contribution in [0.2, 0.25) is 5.02 Å². The lowest BCUT2D eigenvalue weighted by atomic mass is 10.1. The molecule has 0 aromatic heterocycles. The van der Waals surface area contributed by atoms with Crippen LogP contribution in [0.3, 0.4) is 0 Å². The highest BCUT2D eigenvalue weighted by atomic mass is 79.9. The van der Waals surface area contributed by atoms with Gasteiger partial charge < -0.3 is 14.8 Å². The standard InChI is InChI=1S/C22H29BrClNO2/c1-3-4-5-6-9-12-25-15-17-13-19(23)22(21(14-17)26-2)27-16-18-10-7-8-11-20(18)24/h7-8,10-11,13-14,25H,3-6,9,12,15-16H2,1-2H3. The van der Waals surface area contributed by atoms with Crippen LogP contribution in [0.4, 0.5) is 0 Å². The zero-order chi connectivity index (χ0) is 19.5. The van der Waals surface area contributed by atoms with Crippen molar-refractivity contribution in [3.05, 3.63) is 57.0 Å². The van der Waals surface area contributed by atoms with E-state index >= 15 is 0 Å². The number of nitrogens with one attached hydrogen (secondary N) is 1. The van der Waals surface area contributed by atoms with Crippen molar-refractivity contribution in [1.82, 2.24) is 5.32 Å². The van der Waals surface area contributed by atoms with Crippen molar-refractivity contribution in [1.29, 1.82) is 0 Å². The fourth-order valence-electron chi connectivity index (χ4n) is 2.87. The average Bonchev–Trinajstić information content (AvgIpc) is 2.67. The second-order valence-corrected chi connectivity index (χ2v) is 7.84. The monoisotopic (exact) mass is 453 g/mol. The number of ether oxygens (including phenoxy) is 2. The maximum atomic E-state index is 6.21. The number of halogens is 2. The van der Waals surface area contributed by atoms with Gasteiger partial charge in [-0.1, -0.05) is 62.4 Å². The third-order valence-corrected chi connectivity index (χ3v) is 5.36. The molecule has 1 N–H and O–H groups in total. The third-order valence-electron chi connectivity index (χ3n) is 4.41. The summed E-state index contributed by atoms with van der Waals surface area (Å²) in [6, 6.07) is 11.8. The van der Waals surface area contributed by atoms with Gasteiger partial charge in [-0.05, 0) is 52.7 Å². The van der Waals surface area contributed by atoms with Crippen LogP contribution in [0.25, 0.3) is 0 Å². The summed E-state index contributed by atoms with van der Waals surface area (Å²) >= 11 is 9.82. The lowest BCUT2D eigenvalue weighted by Gasteiger charge is -2.15. The van der Waals surface area contributed by atoms with Gasteiger partial charge >= 0.3 is 0 Å². The van der Waals surface area contributed by atoms with E-state index in [1.807, 2.05) is 30.3 Å². The fraction of sp³-hybridized carbons (Fsp3) is 0.455. The van der Waals surface area contributed by atoms with Gasteiger partial charge in [0.2, 0.25) is 0 Å². The second-order valence-electron chi connectivity index (χ2n) is 6.58. The van der Waals surface area contributed by atoms with Crippen LogP contribution in [-0.4, -0.2) is 13.7 Å². The van der Waals surface area contributed by atoms with Crippen molar-refractivity contribution in [3.63, 3.8) is 0 Å². The van der Waals surface area contributed by atoms with Crippen molar-refractivity contribution in [2.75, 3.05) is 13.7 Å². The summed E-state index contributed by atoms with van der Waals surface area (Å²) in [5.74, 6) is 1.41. The van der Waals surface area contributed by atoms with Gasteiger partial charge in [0.25, 0.3) is 0 Å². The number of hydrogen-bond acceptors (Lipinski definition) is 3. The fourth-order valence-corrected chi connectivity index (χ4v) is 3.66. The normalized spacial score (nSPS) is 10.8. The molecule has 0 bridgehead atoms. The van der Waals surface area contributed by atoms with E-state index in [2.05, 4.69) is 34.2 Å². The molecule has 0 aliphatic carbocycles. The molecular formula is C22H29BrClNO2. The van der Waals surface area contributed by atoms with Gasteiger partial charge in [-0.2, -0.15) is 0 Å². The third kappa shape index (κ3) is 7.36. The Morgan fingerprint density at radius 1 is 1.07 bits per heavy atom. The van der Waals surface area contributed by atoms with Gasteiger partial charge in [0, 0.05) is 17.1 Å². The average molecular weight is 455 g/mol. The van der Waals surface area contributed by atoms with Gasteiger partial charge in [0.05, 0.1) is 11.6 Å². The van der Waals surface area contributed by atoms with Crippen molar-refractivity contribution in [3.8, 4) is 11.5 Å². The molecule has 5 heteroatoms. The maximum Gasteiger partial charge on any atom is 0.175 e. The van der Waals surface area contributed by atoms with Crippen molar-refractivity contribution >= 4 is 27.5 Å². The van der Waals surface area contributed by atoms with Gasteiger partial charge in [-0.25, -0.2) is 0 Å². The molecule has 0 aliphatic heterocycles. The van der Waals surface area contributed by atoms with Crippen molar-refractivity contribution in [2.24, 2.45) is 0 Å². The topological polar surface area (TPSA) is 30.5 Å². The molecule has 2 aromatic carbocycles. The van der Waals surface area contributed by atoms with Crippen LogP contribution in [-0.2, 0) is 13.2 Å². The molecule has 0 heterocycles. The molecule has 27 heavy (non-hydrogen) atoms. The highest BCUT2D eigenvalue weighted by Crippen LogP contribution is 2.37. The Kier molecular flexibility index (Phi) is 10.0. The Balaban J connectivity index is 1.91. The molecule has 2 aromatic rings. The summed E-state index contributed by atoms with van der Waals surface area (Å²) in [7, 11) is 1.66. The van der Waals surface area contributed by atoms with Gasteiger partial charge in [0.15, 0.2) is 11.5 Å². The Labute approximate surface area is 176 Å². The van der Waals surface area contributed by atoms with E-state index < -0.39 is 0 Å². The van der Waals surface area contributed by atoms with Crippen LogP contribution < -0.4 is 14.8 Å². The predicted molar refractivity (Wildman–Crippen MR) is 117 cm³/mol. The number of hydrogen-bond donors (Lipinski definition) is 1.